The Hall–Kier alpha value is -2.34. The number of aromatic nitrogens is 2. The molecule has 0 bridgehead atoms. The molecule has 0 saturated carbocycles. The third kappa shape index (κ3) is 3.82. The number of hydrogen-bond acceptors (Lipinski definition) is 4. The van der Waals surface area contributed by atoms with Crippen molar-refractivity contribution in [3.05, 3.63) is 42.2 Å². The van der Waals surface area contributed by atoms with Gasteiger partial charge < -0.3 is 15.8 Å². The first-order valence-electron chi connectivity index (χ1n) is 6.79. The Balaban J connectivity index is 2.03. The summed E-state index contributed by atoms with van der Waals surface area (Å²) in [7, 11) is 1.64. The van der Waals surface area contributed by atoms with Gasteiger partial charge in [0, 0.05) is 19.9 Å². The predicted molar refractivity (Wildman–Crippen MR) is 81.3 cm³/mol. The molecule has 1 aromatic carbocycles. The highest BCUT2D eigenvalue weighted by molar-refractivity contribution is 5.92. The van der Waals surface area contributed by atoms with Crippen molar-refractivity contribution >= 4 is 11.6 Å². The van der Waals surface area contributed by atoms with Gasteiger partial charge in [0.25, 0.3) is 5.91 Å². The van der Waals surface area contributed by atoms with Gasteiger partial charge in [-0.1, -0.05) is 19.1 Å². The summed E-state index contributed by atoms with van der Waals surface area (Å²) in [5, 5.41) is 7.10. The van der Waals surface area contributed by atoms with E-state index in [9.17, 15) is 4.79 Å². The van der Waals surface area contributed by atoms with Gasteiger partial charge in [-0.2, -0.15) is 5.10 Å². The van der Waals surface area contributed by atoms with Crippen LogP contribution >= 0.6 is 0 Å². The number of amides is 1. The van der Waals surface area contributed by atoms with Crippen LogP contribution in [-0.4, -0.2) is 35.9 Å². The first kappa shape index (κ1) is 15.1. The lowest BCUT2D eigenvalue weighted by molar-refractivity contribution is 0.0928. The summed E-state index contributed by atoms with van der Waals surface area (Å²) in [6.07, 6.45) is 1.72. The molecule has 1 amide bonds. The van der Waals surface area contributed by atoms with E-state index in [1.807, 2.05) is 25.1 Å². The summed E-state index contributed by atoms with van der Waals surface area (Å²) in [4.78, 5) is 12.0. The third-order valence-electron chi connectivity index (χ3n) is 3.07. The Morgan fingerprint density at radius 1 is 1.43 bits per heavy atom. The molecular weight excluding hydrogens is 268 g/mol. The van der Waals surface area contributed by atoms with Crippen molar-refractivity contribution in [2.24, 2.45) is 5.92 Å². The maximum Gasteiger partial charge on any atom is 0.271 e. The minimum absolute atomic E-state index is 0.203. The molecule has 0 fully saturated rings. The van der Waals surface area contributed by atoms with Crippen LogP contribution in [0.15, 0.2) is 36.5 Å². The van der Waals surface area contributed by atoms with Crippen LogP contribution in [0.1, 0.15) is 17.4 Å². The van der Waals surface area contributed by atoms with Crippen LogP contribution in [0.4, 0.5) is 5.69 Å². The van der Waals surface area contributed by atoms with Crippen molar-refractivity contribution in [1.82, 2.24) is 15.1 Å². The summed E-state index contributed by atoms with van der Waals surface area (Å²) in [6, 6.07) is 9.04. The van der Waals surface area contributed by atoms with E-state index in [0.29, 0.717) is 24.5 Å². The van der Waals surface area contributed by atoms with Crippen molar-refractivity contribution in [1.29, 1.82) is 0 Å². The van der Waals surface area contributed by atoms with Gasteiger partial charge in [0.2, 0.25) is 0 Å². The second kappa shape index (κ2) is 6.90. The highest BCUT2D eigenvalue weighted by Crippen LogP contribution is 2.15. The fraction of sp³-hybridized carbons (Fsp3) is 0.333. The minimum atomic E-state index is -0.203. The van der Waals surface area contributed by atoms with E-state index in [-0.39, 0.29) is 11.8 Å². The molecule has 2 aromatic rings. The van der Waals surface area contributed by atoms with Crippen LogP contribution in [0.3, 0.4) is 0 Å². The number of para-hydroxylation sites is 2. The number of nitrogens with two attached hydrogens (primary N) is 1. The van der Waals surface area contributed by atoms with Crippen LogP contribution in [0.5, 0.6) is 0 Å². The summed E-state index contributed by atoms with van der Waals surface area (Å²) in [6.45, 7) is 3.16. The summed E-state index contributed by atoms with van der Waals surface area (Å²) < 4.78 is 6.63. The van der Waals surface area contributed by atoms with E-state index in [1.54, 1.807) is 30.1 Å². The van der Waals surface area contributed by atoms with E-state index in [1.165, 1.54) is 0 Å². The Bertz CT molecular complexity index is 609. The number of hydrogen-bond donors (Lipinski definition) is 2. The molecule has 112 valence electrons. The Labute approximate surface area is 123 Å². The second-order valence-electron chi connectivity index (χ2n) is 4.97. The molecule has 2 rings (SSSR count). The lowest BCUT2D eigenvalue weighted by Crippen LogP contribution is -2.30. The largest absolute Gasteiger partial charge is 0.397 e. The zero-order chi connectivity index (χ0) is 15.2. The second-order valence-corrected chi connectivity index (χ2v) is 4.97. The van der Waals surface area contributed by atoms with Crippen LogP contribution in [0.25, 0.3) is 5.69 Å². The normalized spacial score (nSPS) is 12.1. The molecule has 0 saturated heterocycles. The van der Waals surface area contributed by atoms with E-state index in [2.05, 4.69) is 10.4 Å². The summed E-state index contributed by atoms with van der Waals surface area (Å²) >= 11 is 0. The summed E-state index contributed by atoms with van der Waals surface area (Å²) in [5.74, 6) is 0.0528. The zero-order valence-corrected chi connectivity index (χ0v) is 12.2. The Kier molecular flexibility index (Phi) is 4.94. The third-order valence-corrected chi connectivity index (χ3v) is 3.07. The van der Waals surface area contributed by atoms with Crippen LogP contribution in [0, 0.1) is 5.92 Å². The number of methoxy groups -OCH3 is 1. The van der Waals surface area contributed by atoms with Crippen molar-refractivity contribution in [3.63, 3.8) is 0 Å². The number of nitrogens with zero attached hydrogens (tertiary/aromatic N) is 2. The van der Waals surface area contributed by atoms with Crippen LogP contribution in [-0.2, 0) is 4.74 Å². The fourth-order valence-electron chi connectivity index (χ4n) is 1.98. The topological polar surface area (TPSA) is 82.2 Å². The Morgan fingerprint density at radius 3 is 2.90 bits per heavy atom. The van der Waals surface area contributed by atoms with Crippen molar-refractivity contribution in [3.8, 4) is 5.69 Å². The van der Waals surface area contributed by atoms with E-state index in [0.717, 1.165) is 5.69 Å². The highest BCUT2D eigenvalue weighted by atomic mass is 16.5. The number of nitrogens with one attached hydrogen (secondary N) is 1. The number of carbonyl (C=O) groups is 1. The van der Waals surface area contributed by atoms with Crippen LogP contribution in [0.2, 0.25) is 0 Å². The lowest BCUT2D eigenvalue weighted by atomic mass is 10.2. The van der Waals surface area contributed by atoms with E-state index in [4.69, 9.17) is 10.5 Å². The van der Waals surface area contributed by atoms with Crippen molar-refractivity contribution in [2.45, 2.75) is 6.92 Å². The summed E-state index contributed by atoms with van der Waals surface area (Å²) in [5.41, 5.74) is 7.62. The number of rotatable bonds is 6. The van der Waals surface area contributed by atoms with Crippen molar-refractivity contribution in [2.75, 3.05) is 26.0 Å². The predicted octanol–water partition coefficient (Wildman–Crippen LogP) is 1.47. The average molecular weight is 288 g/mol. The molecule has 1 atom stereocenters. The van der Waals surface area contributed by atoms with Crippen LogP contribution < -0.4 is 11.1 Å². The van der Waals surface area contributed by atoms with Gasteiger partial charge in [-0.15, -0.1) is 0 Å². The van der Waals surface area contributed by atoms with Gasteiger partial charge in [0.1, 0.15) is 0 Å². The maximum absolute atomic E-state index is 12.0. The minimum Gasteiger partial charge on any atom is -0.397 e. The molecule has 1 heterocycles. The number of ether oxygens (including phenoxy) is 1. The maximum atomic E-state index is 12.0. The molecule has 1 unspecified atom stereocenters. The molecule has 0 aliphatic rings. The quantitative estimate of drug-likeness (QED) is 0.789. The molecule has 6 heteroatoms. The molecule has 21 heavy (non-hydrogen) atoms. The molecule has 0 spiro atoms. The van der Waals surface area contributed by atoms with E-state index < -0.39 is 0 Å². The SMILES string of the molecule is COCC(C)CNC(=O)c1ccn(-c2ccccc2N)n1. The van der Waals surface area contributed by atoms with Crippen molar-refractivity contribution < 1.29 is 9.53 Å². The molecule has 1 aromatic heterocycles. The highest BCUT2D eigenvalue weighted by Gasteiger charge is 2.12. The molecule has 0 aliphatic heterocycles. The van der Waals surface area contributed by atoms with Gasteiger partial charge in [-0.25, -0.2) is 4.68 Å². The molecule has 0 aliphatic carbocycles. The fourth-order valence-corrected chi connectivity index (χ4v) is 1.98. The number of anilines is 1. The molecular formula is C15H20N4O2. The monoisotopic (exact) mass is 288 g/mol. The number of benzene rings is 1. The Morgan fingerprint density at radius 2 is 2.19 bits per heavy atom. The van der Waals surface area contributed by atoms with Gasteiger partial charge in [0.05, 0.1) is 18.0 Å². The molecule has 0 radical (unpaired) electrons. The van der Waals surface area contributed by atoms with Gasteiger partial charge in [-0.3, -0.25) is 4.79 Å². The smallest absolute Gasteiger partial charge is 0.271 e. The van der Waals surface area contributed by atoms with Gasteiger partial charge in [0.15, 0.2) is 5.69 Å². The standard InChI is InChI=1S/C15H20N4O2/c1-11(10-21-2)9-17-15(20)13-7-8-19(18-13)14-6-4-3-5-12(14)16/h3-8,11H,9-10,16H2,1-2H3,(H,17,20). The molecule has 6 nitrogen and oxygen atoms in total. The van der Waals surface area contributed by atoms with Gasteiger partial charge >= 0.3 is 0 Å². The zero-order valence-electron chi connectivity index (χ0n) is 12.2. The average Bonchev–Trinajstić information content (AvgIpc) is 2.95. The molecule has 3 N–H and O–H groups in total. The first-order chi connectivity index (χ1) is 10.1. The van der Waals surface area contributed by atoms with Gasteiger partial charge in [-0.05, 0) is 24.1 Å². The first-order valence-corrected chi connectivity index (χ1v) is 6.79. The van der Waals surface area contributed by atoms with E-state index >= 15 is 0 Å². The number of nitrogen functional groups attached to an aromatic ring is 1. The lowest BCUT2D eigenvalue weighted by Gasteiger charge is -2.10. The number of carbonyl (C=O) groups excluding carboxylic acids is 1.